The highest BCUT2D eigenvalue weighted by Gasteiger charge is 2.36. The van der Waals surface area contributed by atoms with Gasteiger partial charge in [0.05, 0.1) is 5.56 Å². The summed E-state index contributed by atoms with van der Waals surface area (Å²) in [6.07, 6.45) is 5.46. The molecule has 3 atom stereocenters. The van der Waals surface area contributed by atoms with E-state index < -0.39 is 5.60 Å². The average Bonchev–Trinajstić information content (AvgIpc) is 3.09. The van der Waals surface area contributed by atoms with Crippen molar-refractivity contribution in [3.63, 3.8) is 0 Å². The molecule has 0 aromatic carbocycles. The normalized spacial score (nSPS) is 23.9. The molecule has 0 radical (unpaired) electrons. The van der Waals surface area contributed by atoms with Crippen molar-refractivity contribution < 1.29 is 19.1 Å². The van der Waals surface area contributed by atoms with Crippen LogP contribution in [-0.4, -0.2) is 72.6 Å². The van der Waals surface area contributed by atoms with Gasteiger partial charge in [-0.2, -0.15) is 0 Å². The van der Waals surface area contributed by atoms with Crippen LogP contribution in [0.3, 0.4) is 0 Å². The third-order valence-electron chi connectivity index (χ3n) is 8.26. The molecule has 0 spiro atoms. The van der Waals surface area contributed by atoms with Gasteiger partial charge in [-0.25, -0.2) is 4.79 Å². The summed E-state index contributed by atoms with van der Waals surface area (Å²) in [6.45, 7) is 17.1. The molecule has 1 fully saturated rings. The van der Waals surface area contributed by atoms with E-state index in [0.29, 0.717) is 18.4 Å². The number of aliphatic imine (C=N–C) groups is 1. The highest BCUT2D eigenvalue weighted by molar-refractivity contribution is 7.12. The molecule has 1 aromatic rings. The molecule has 2 amide bonds. The van der Waals surface area contributed by atoms with Gasteiger partial charge >= 0.3 is 6.09 Å². The Balaban J connectivity index is 1.46. The van der Waals surface area contributed by atoms with E-state index in [1.165, 1.54) is 15.3 Å². The Kier molecular flexibility index (Phi) is 8.72. The zero-order valence-electron chi connectivity index (χ0n) is 24.4. The third-order valence-corrected chi connectivity index (χ3v) is 9.81. The van der Waals surface area contributed by atoms with Crippen LogP contribution < -0.4 is 0 Å². The molecule has 3 aliphatic rings. The molecule has 1 saturated heterocycles. The Morgan fingerprint density at radius 3 is 2.50 bits per heavy atom. The standard InChI is InChI=1S/C30H45N3O4S/c1-18-16-19(2)31-27(36-8)23(18)17-33-13-9-10-24-25(28(33)34)21(4)26(38-24)20(3)22-11-14-32(15-12-22)29(35)37-30(5,6)7/h16,20,22-23,27H,9-15,17H2,1-8H3/t20-,23?,27?/m1/s1. The van der Waals surface area contributed by atoms with Crippen LogP contribution in [0.4, 0.5) is 4.79 Å². The number of rotatable bonds is 5. The molecule has 0 bridgehead atoms. The summed E-state index contributed by atoms with van der Waals surface area (Å²) in [5.74, 6) is 1.06. The predicted octanol–water partition coefficient (Wildman–Crippen LogP) is 6.21. The number of thiophene rings is 1. The molecular formula is C30H45N3O4S. The highest BCUT2D eigenvalue weighted by atomic mass is 32.1. The minimum Gasteiger partial charge on any atom is -0.444 e. The van der Waals surface area contributed by atoms with E-state index in [1.807, 2.05) is 48.8 Å². The Morgan fingerprint density at radius 1 is 1.18 bits per heavy atom. The molecule has 2 unspecified atom stereocenters. The number of nitrogens with zero attached hydrogens (tertiary/aromatic N) is 3. The first-order valence-corrected chi connectivity index (χ1v) is 14.9. The van der Waals surface area contributed by atoms with Crippen molar-refractivity contribution in [2.75, 3.05) is 33.3 Å². The maximum atomic E-state index is 13.9. The fourth-order valence-electron chi connectivity index (χ4n) is 6.15. The zero-order chi connectivity index (χ0) is 27.8. The maximum absolute atomic E-state index is 13.9. The number of dihydropyridines is 1. The van der Waals surface area contributed by atoms with E-state index in [1.54, 1.807) is 7.11 Å². The lowest BCUT2D eigenvalue weighted by Crippen LogP contribution is -2.42. The number of likely N-dealkylation sites (tertiary alicyclic amines) is 1. The second kappa shape index (κ2) is 11.5. The van der Waals surface area contributed by atoms with Crippen LogP contribution >= 0.6 is 11.3 Å². The number of amides is 2. The summed E-state index contributed by atoms with van der Waals surface area (Å²) in [4.78, 5) is 37.5. The second-order valence-electron chi connectivity index (χ2n) is 12.2. The number of piperidine rings is 1. The van der Waals surface area contributed by atoms with Gasteiger partial charge < -0.3 is 19.3 Å². The summed E-state index contributed by atoms with van der Waals surface area (Å²) in [5, 5.41) is 0. The Hall–Kier alpha value is -2.19. The van der Waals surface area contributed by atoms with Crippen molar-refractivity contribution in [3.05, 3.63) is 32.5 Å². The Morgan fingerprint density at radius 2 is 1.87 bits per heavy atom. The molecule has 0 saturated carbocycles. The number of fused-ring (bicyclic) bond motifs is 1. The van der Waals surface area contributed by atoms with Gasteiger partial charge in [0.25, 0.3) is 5.91 Å². The number of hydrogen-bond donors (Lipinski definition) is 0. The van der Waals surface area contributed by atoms with Gasteiger partial charge in [-0.05, 0) is 90.7 Å². The molecule has 7 nitrogen and oxygen atoms in total. The van der Waals surface area contributed by atoms with Crippen molar-refractivity contribution in [2.45, 2.75) is 91.9 Å². The van der Waals surface area contributed by atoms with Gasteiger partial charge in [0.1, 0.15) is 5.60 Å². The number of carbonyl (C=O) groups excluding carboxylic acids is 2. The van der Waals surface area contributed by atoms with Gasteiger partial charge in [0.15, 0.2) is 6.23 Å². The topological polar surface area (TPSA) is 71.4 Å². The van der Waals surface area contributed by atoms with Crippen LogP contribution in [0, 0.1) is 18.8 Å². The van der Waals surface area contributed by atoms with Crippen molar-refractivity contribution in [2.24, 2.45) is 16.8 Å². The third kappa shape index (κ3) is 6.17. The molecule has 8 heteroatoms. The van der Waals surface area contributed by atoms with E-state index in [0.717, 1.165) is 62.2 Å². The SMILES string of the molecule is COC1N=C(C)C=C(C)C1CN1CCCc2sc([C@H](C)C3CCN(C(=O)OC(C)(C)C)CC3)c(C)c2C1=O. The van der Waals surface area contributed by atoms with Crippen LogP contribution in [0.25, 0.3) is 0 Å². The number of ether oxygens (including phenoxy) is 2. The molecule has 210 valence electrons. The van der Waals surface area contributed by atoms with Crippen molar-refractivity contribution in [1.29, 1.82) is 0 Å². The highest BCUT2D eigenvalue weighted by Crippen LogP contribution is 2.42. The largest absolute Gasteiger partial charge is 0.444 e. The lowest BCUT2D eigenvalue weighted by molar-refractivity contribution is 0.0176. The summed E-state index contributed by atoms with van der Waals surface area (Å²) >= 11 is 1.84. The average molecular weight is 544 g/mol. The summed E-state index contributed by atoms with van der Waals surface area (Å²) in [6, 6.07) is 0. The van der Waals surface area contributed by atoms with Crippen molar-refractivity contribution in [1.82, 2.24) is 9.80 Å². The molecule has 4 heterocycles. The summed E-state index contributed by atoms with van der Waals surface area (Å²) < 4.78 is 11.3. The van der Waals surface area contributed by atoms with Crippen LogP contribution in [-0.2, 0) is 15.9 Å². The van der Waals surface area contributed by atoms with Gasteiger partial charge in [-0.1, -0.05) is 12.5 Å². The zero-order valence-corrected chi connectivity index (χ0v) is 25.2. The summed E-state index contributed by atoms with van der Waals surface area (Å²) in [7, 11) is 1.70. The second-order valence-corrected chi connectivity index (χ2v) is 13.4. The first-order chi connectivity index (χ1) is 17.9. The first-order valence-electron chi connectivity index (χ1n) is 14.0. The van der Waals surface area contributed by atoms with Gasteiger partial charge in [0.2, 0.25) is 0 Å². The van der Waals surface area contributed by atoms with Gasteiger partial charge in [-0.3, -0.25) is 9.79 Å². The van der Waals surface area contributed by atoms with Crippen LogP contribution in [0.2, 0.25) is 0 Å². The van der Waals surface area contributed by atoms with E-state index in [2.05, 4.69) is 31.8 Å². The minimum atomic E-state index is -0.476. The Bertz CT molecular complexity index is 1110. The van der Waals surface area contributed by atoms with Crippen LogP contribution in [0.5, 0.6) is 0 Å². The fraction of sp³-hybridized carbons (Fsp3) is 0.700. The molecule has 4 rings (SSSR count). The van der Waals surface area contributed by atoms with E-state index in [4.69, 9.17) is 9.47 Å². The number of hydrogen-bond acceptors (Lipinski definition) is 6. The quantitative estimate of drug-likeness (QED) is 0.443. The lowest BCUT2D eigenvalue weighted by Gasteiger charge is -2.35. The molecule has 38 heavy (non-hydrogen) atoms. The summed E-state index contributed by atoms with van der Waals surface area (Å²) in [5.41, 5.74) is 3.79. The maximum Gasteiger partial charge on any atom is 0.410 e. The van der Waals surface area contributed by atoms with Gasteiger partial charge in [0, 0.05) is 54.7 Å². The van der Waals surface area contributed by atoms with Gasteiger partial charge in [-0.15, -0.1) is 11.3 Å². The number of methoxy groups -OCH3 is 1. The smallest absolute Gasteiger partial charge is 0.410 e. The van der Waals surface area contributed by atoms with Crippen molar-refractivity contribution in [3.8, 4) is 0 Å². The monoisotopic (exact) mass is 543 g/mol. The van der Waals surface area contributed by atoms with Crippen LogP contribution in [0.1, 0.15) is 92.4 Å². The van der Waals surface area contributed by atoms with E-state index in [9.17, 15) is 9.59 Å². The molecule has 3 aliphatic heterocycles. The molecular weight excluding hydrogens is 498 g/mol. The number of aryl methyl sites for hydroxylation is 1. The van der Waals surface area contributed by atoms with Crippen LogP contribution in [0.15, 0.2) is 16.6 Å². The predicted molar refractivity (Wildman–Crippen MR) is 153 cm³/mol. The van der Waals surface area contributed by atoms with E-state index in [-0.39, 0.29) is 24.1 Å². The fourth-order valence-corrected chi connectivity index (χ4v) is 7.64. The number of allylic oxidation sites excluding steroid dienone is 1. The first kappa shape index (κ1) is 28.8. The van der Waals surface area contributed by atoms with Crippen molar-refractivity contribution >= 4 is 29.0 Å². The molecule has 0 N–H and O–H groups in total. The van der Waals surface area contributed by atoms with E-state index >= 15 is 0 Å². The lowest BCUT2D eigenvalue weighted by atomic mass is 9.83. The molecule has 1 aromatic heterocycles. The Labute approximate surface area is 232 Å². The minimum absolute atomic E-state index is 0.0710. The molecule has 0 aliphatic carbocycles. The number of carbonyl (C=O) groups is 2.